The number of carbonyl (C=O) groups is 2. The van der Waals surface area contributed by atoms with Gasteiger partial charge >= 0.3 is 0 Å². The van der Waals surface area contributed by atoms with Crippen LogP contribution in [0.4, 0.5) is 0 Å². The number of para-hydroxylation sites is 2. The Morgan fingerprint density at radius 2 is 1.91 bits per heavy atom. The van der Waals surface area contributed by atoms with E-state index in [0.29, 0.717) is 16.4 Å². The monoisotopic (exact) mass is 332 g/mol. The van der Waals surface area contributed by atoms with Gasteiger partial charge in [-0.3, -0.25) is 20.4 Å². The lowest BCUT2D eigenvalue weighted by molar-refractivity contribution is -0.131. The molecule has 0 unspecified atom stereocenters. The summed E-state index contributed by atoms with van der Waals surface area (Å²) in [5, 5.41) is 0. The van der Waals surface area contributed by atoms with Crippen LogP contribution < -0.4 is 20.3 Å². The molecule has 2 heterocycles. The Balaban J connectivity index is 1.57. The lowest BCUT2D eigenvalue weighted by atomic mass is 10.2. The Labute approximate surface area is 137 Å². The molecule has 1 aromatic heterocycles. The molecule has 1 aliphatic heterocycles. The second-order valence-electron chi connectivity index (χ2n) is 5.16. The van der Waals surface area contributed by atoms with Crippen LogP contribution in [0, 0.1) is 13.8 Å². The molecule has 3 rings (SSSR count). The summed E-state index contributed by atoms with van der Waals surface area (Å²) < 4.78 is 11.0. The highest BCUT2D eigenvalue weighted by molar-refractivity contribution is 7.14. The van der Waals surface area contributed by atoms with Crippen LogP contribution >= 0.6 is 11.3 Å². The number of aryl methyl sites for hydroxylation is 2. The molecule has 2 aromatic rings. The van der Waals surface area contributed by atoms with Gasteiger partial charge in [-0.2, -0.15) is 0 Å². The molecule has 1 atom stereocenters. The third-order valence-electron chi connectivity index (χ3n) is 3.49. The summed E-state index contributed by atoms with van der Waals surface area (Å²) in [7, 11) is 0. The van der Waals surface area contributed by atoms with E-state index in [0.717, 1.165) is 10.4 Å². The largest absolute Gasteiger partial charge is 0.485 e. The van der Waals surface area contributed by atoms with Gasteiger partial charge in [0.2, 0.25) is 6.10 Å². The van der Waals surface area contributed by atoms with Crippen molar-refractivity contribution in [3.05, 3.63) is 45.6 Å². The number of amides is 2. The smallest absolute Gasteiger partial charge is 0.283 e. The van der Waals surface area contributed by atoms with E-state index in [1.54, 1.807) is 24.3 Å². The number of ether oxygens (including phenoxy) is 2. The fraction of sp³-hybridized carbons (Fsp3) is 0.250. The Bertz CT molecular complexity index is 737. The number of benzene rings is 1. The van der Waals surface area contributed by atoms with Crippen LogP contribution in [0.3, 0.4) is 0 Å². The van der Waals surface area contributed by atoms with Crippen molar-refractivity contribution in [1.29, 1.82) is 0 Å². The molecule has 2 amide bonds. The number of fused-ring (bicyclic) bond motifs is 1. The molecule has 0 saturated heterocycles. The normalized spacial score (nSPS) is 15.8. The predicted octanol–water partition coefficient (Wildman–Crippen LogP) is 1.97. The minimum absolute atomic E-state index is 0.0932. The van der Waals surface area contributed by atoms with E-state index in [2.05, 4.69) is 10.9 Å². The fourth-order valence-corrected chi connectivity index (χ4v) is 3.02. The Morgan fingerprint density at radius 1 is 1.17 bits per heavy atom. The Hall–Kier alpha value is -2.54. The number of thiophene rings is 1. The van der Waals surface area contributed by atoms with E-state index in [1.807, 2.05) is 19.9 Å². The minimum atomic E-state index is -0.808. The SMILES string of the molecule is Cc1cc(C(=O)NNC(=O)[C@H]2COc3ccccc3O2)sc1C. The molecule has 0 saturated carbocycles. The van der Waals surface area contributed by atoms with Gasteiger partial charge in [-0.15, -0.1) is 11.3 Å². The molecule has 0 radical (unpaired) electrons. The summed E-state index contributed by atoms with van der Waals surface area (Å²) in [5.74, 6) is 0.300. The highest BCUT2D eigenvalue weighted by atomic mass is 32.1. The second kappa shape index (κ2) is 6.29. The first-order valence-corrected chi connectivity index (χ1v) is 7.92. The van der Waals surface area contributed by atoms with Crippen LogP contribution in [-0.2, 0) is 4.79 Å². The minimum Gasteiger partial charge on any atom is -0.485 e. The maximum atomic E-state index is 12.1. The molecule has 120 valence electrons. The van der Waals surface area contributed by atoms with Crippen molar-refractivity contribution >= 4 is 23.2 Å². The molecule has 7 heteroatoms. The molecule has 0 fully saturated rings. The number of hydrogen-bond donors (Lipinski definition) is 2. The van der Waals surface area contributed by atoms with Gasteiger partial charge in [-0.1, -0.05) is 12.1 Å². The molecule has 1 aliphatic rings. The quantitative estimate of drug-likeness (QED) is 0.824. The molecule has 6 nitrogen and oxygen atoms in total. The standard InChI is InChI=1S/C16H16N2O4S/c1-9-7-14(23-10(9)2)16(20)18-17-15(19)13-8-21-11-5-3-4-6-12(11)22-13/h3-7,13H,8H2,1-2H3,(H,17,19)(H,18,20)/t13-/m1/s1. The molecule has 23 heavy (non-hydrogen) atoms. The summed E-state index contributed by atoms with van der Waals surface area (Å²) in [6.07, 6.45) is -0.808. The van der Waals surface area contributed by atoms with E-state index in [-0.39, 0.29) is 12.5 Å². The lowest BCUT2D eigenvalue weighted by Crippen LogP contribution is -2.50. The number of hydrogen-bond acceptors (Lipinski definition) is 5. The van der Waals surface area contributed by atoms with Crippen molar-refractivity contribution in [1.82, 2.24) is 10.9 Å². The molecule has 0 aliphatic carbocycles. The van der Waals surface area contributed by atoms with Gasteiger partial charge in [0.05, 0.1) is 4.88 Å². The third kappa shape index (κ3) is 3.29. The number of carbonyl (C=O) groups excluding carboxylic acids is 2. The van der Waals surface area contributed by atoms with Gasteiger partial charge in [0.1, 0.15) is 6.61 Å². The topological polar surface area (TPSA) is 76.7 Å². The number of rotatable bonds is 2. The van der Waals surface area contributed by atoms with E-state index >= 15 is 0 Å². The van der Waals surface area contributed by atoms with E-state index < -0.39 is 12.0 Å². The highest BCUT2D eigenvalue weighted by Gasteiger charge is 2.27. The van der Waals surface area contributed by atoms with Gasteiger partial charge < -0.3 is 9.47 Å². The first-order valence-electron chi connectivity index (χ1n) is 7.10. The van der Waals surface area contributed by atoms with E-state index in [9.17, 15) is 9.59 Å². The Morgan fingerprint density at radius 3 is 2.61 bits per heavy atom. The zero-order valence-electron chi connectivity index (χ0n) is 12.7. The van der Waals surface area contributed by atoms with Crippen LogP contribution in [0.15, 0.2) is 30.3 Å². The molecule has 1 aromatic carbocycles. The van der Waals surface area contributed by atoms with Gasteiger partial charge in [0.15, 0.2) is 11.5 Å². The maximum Gasteiger partial charge on any atom is 0.283 e. The summed E-state index contributed by atoms with van der Waals surface area (Å²) in [5.41, 5.74) is 5.82. The van der Waals surface area contributed by atoms with E-state index in [1.165, 1.54) is 11.3 Å². The predicted molar refractivity (Wildman–Crippen MR) is 85.8 cm³/mol. The summed E-state index contributed by atoms with van der Waals surface area (Å²) in [4.78, 5) is 25.7. The molecule has 2 N–H and O–H groups in total. The van der Waals surface area contributed by atoms with E-state index in [4.69, 9.17) is 9.47 Å². The van der Waals surface area contributed by atoms with Crippen molar-refractivity contribution in [3.8, 4) is 11.5 Å². The zero-order chi connectivity index (χ0) is 16.4. The summed E-state index contributed by atoms with van der Waals surface area (Å²) in [6, 6.07) is 8.91. The van der Waals surface area contributed by atoms with Gasteiger partial charge in [-0.25, -0.2) is 0 Å². The first kappa shape index (κ1) is 15.4. The van der Waals surface area contributed by atoms with Crippen molar-refractivity contribution in [2.75, 3.05) is 6.61 Å². The fourth-order valence-electron chi connectivity index (χ4n) is 2.09. The average Bonchev–Trinajstić information content (AvgIpc) is 2.91. The average molecular weight is 332 g/mol. The van der Waals surface area contributed by atoms with Crippen LogP contribution in [0.1, 0.15) is 20.1 Å². The van der Waals surface area contributed by atoms with Crippen LogP contribution in [0.2, 0.25) is 0 Å². The molecular weight excluding hydrogens is 316 g/mol. The van der Waals surface area contributed by atoms with Crippen LogP contribution in [0.25, 0.3) is 0 Å². The van der Waals surface area contributed by atoms with Crippen LogP contribution in [0.5, 0.6) is 11.5 Å². The number of nitrogens with one attached hydrogen (secondary N) is 2. The lowest BCUT2D eigenvalue weighted by Gasteiger charge is -2.25. The van der Waals surface area contributed by atoms with Crippen molar-refractivity contribution in [2.24, 2.45) is 0 Å². The summed E-state index contributed by atoms with van der Waals surface area (Å²) in [6.45, 7) is 3.97. The van der Waals surface area contributed by atoms with Crippen molar-refractivity contribution < 1.29 is 19.1 Å². The van der Waals surface area contributed by atoms with Crippen molar-refractivity contribution in [3.63, 3.8) is 0 Å². The zero-order valence-corrected chi connectivity index (χ0v) is 13.5. The molecule has 0 spiro atoms. The van der Waals surface area contributed by atoms with Gasteiger partial charge in [0.25, 0.3) is 11.8 Å². The van der Waals surface area contributed by atoms with Crippen LogP contribution in [-0.4, -0.2) is 24.5 Å². The first-order chi connectivity index (χ1) is 11.0. The van der Waals surface area contributed by atoms with Gasteiger partial charge in [-0.05, 0) is 37.6 Å². The van der Waals surface area contributed by atoms with Gasteiger partial charge in [0, 0.05) is 4.88 Å². The highest BCUT2D eigenvalue weighted by Crippen LogP contribution is 2.30. The van der Waals surface area contributed by atoms with Crippen molar-refractivity contribution in [2.45, 2.75) is 20.0 Å². The Kier molecular flexibility index (Phi) is 4.20. The second-order valence-corrected chi connectivity index (χ2v) is 6.41. The maximum absolute atomic E-state index is 12.1. The molecule has 0 bridgehead atoms. The summed E-state index contributed by atoms with van der Waals surface area (Å²) >= 11 is 1.38. The third-order valence-corrected chi connectivity index (χ3v) is 4.64. The number of hydrazine groups is 1. The molecular formula is C16H16N2O4S.